The van der Waals surface area contributed by atoms with E-state index in [1.54, 1.807) is 6.33 Å². The van der Waals surface area contributed by atoms with Gasteiger partial charge in [-0.1, -0.05) is 13.3 Å². The zero-order valence-corrected chi connectivity index (χ0v) is 8.90. The summed E-state index contributed by atoms with van der Waals surface area (Å²) in [5.74, 6) is 1.92. The van der Waals surface area contributed by atoms with Gasteiger partial charge in [-0.05, 0) is 25.3 Å². The van der Waals surface area contributed by atoms with E-state index in [2.05, 4.69) is 22.4 Å². The van der Waals surface area contributed by atoms with Crippen LogP contribution in [0, 0.1) is 5.92 Å². The molecule has 0 radical (unpaired) electrons. The van der Waals surface area contributed by atoms with E-state index in [-0.39, 0.29) is 0 Å². The van der Waals surface area contributed by atoms with Crippen molar-refractivity contribution in [2.24, 2.45) is 13.0 Å². The average molecular weight is 194 g/mol. The minimum Gasteiger partial charge on any atom is -0.319 e. The molecule has 4 heteroatoms. The van der Waals surface area contributed by atoms with Gasteiger partial charge in [0.25, 0.3) is 0 Å². The molecule has 2 heterocycles. The van der Waals surface area contributed by atoms with Crippen molar-refractivity contribution in [1.29, 1.82) is 0 Å². The van der Waals surface area contributed by atoms with Crippen molar-refractivity contribution in [3.8, 4) is 0 Å². The molecular formula is C10H18N4. The molecule has 1 saturated heterocycles. The molecule has 14 heavy (non-hydrogen) atoms. The molecule has 2 unspecified atom stereocenters. The Morgan fingerprint density at radius 2 is 2.50 bits per heavy atom. The number of nitrogens with zero attached hydrogens (tertiary/aromatic N) is 3. The normalized spacial score (nSPS) is 27.9. The molecule has 1 fully saturated rings. The van der Waals surface area contributed by atoms with Gasteiger partial charge in [0.2, 0.25) is 0 Å². The van der Waals surface area contributed by atoms with Gasteiger partial charge in [0.1, 0.15) is 12.2 Å². The highest BCUT2D eigenvalue weighted by molar-refractivity contribution is 4.96. The van der Waals surface area contributed by atoms with E-state index < -0.39 is 0 Å². The van der Waals surface area contributed by atoms with Crippen LogP contribution in [0.3, 0.4) is 0 Å². The zero-order valence-electron chi connectivity index (χ0n) is 8.90. The highest BCUT2D eigenvalue weighted by Crippen LogP contribution is 2.27. The van der Waals surface area contributed by atoms with Gasteiger partial charge in [-0.2, -0.15) is 0 Å². The first kappa shape index (κ1) is 9.65. The van der Waals surface area contributed by atoms with Crippen molar-refractivity contribution >= 4 is 0 Å². The van der Waals surface area contributed by atoms with Crippen molar-refractivity contribution in [3.05, 3.63) is 12.2 Å². The summed E-state index contributed by atoms with van der Waals surface area (Å²) in [5.41, 5.74) is 0. The van der Waals surface area contributed by atoms with Gasteiger partial charge in [-0.25, -0.2) is 0 Å². The third-order valence-electron chi connectivity index (χ3n) is 3.15. The Morgan fingerprint density at radius 1 is 1.64 bits per heavy atom. The van der Waals surface area contributed by atoms with Gasteiger partial charge in [0.15, 0.2) is 0 Å². The highest BCUT2D eigenvalue weighted by atomic mass is 15.3. The maximum Gasteiger partial charge on any atom is 0.149 e. The number of rotatable bonds is 2. The summed E-state index contributed by atoms with van der Waals surface area (Å²) >= 11 is 0. The molecule has 0 spiro atoms. The van der Waals surface area contributed by atoms with Crippen molar-refractivity contribution in [2.45, 2.75) is 32.2 Å². The average Bonchev–Trinajstić information content (AvgIpc) is 2.65. The van der Waals surface area contributed by atoms with E-state index >= 15 is 0 Å². The molecule has 1 N–H and O–H groups in total. The van der Waals surface area contributed by atoms with E-state index in [4.69, 9.17) is 0 Å². The molecule has 1 aromatic rings. The van der Waals surface area contributed by atoms with Crippen LogP contribution in [0.2, 0.25) is 0 Å². The Hall–Kier alpha value is -0.900. The Kier molecular flexibility index (Phi) is 2.82. The zero-order chi connectivity index (χ0) is 9.97. The van der Waals surface area contributed by atoms with Crippen molar-refractivity contribution in [1.82, 2.24) is 20.1 Å². The van der Waals surface area contributed by atoms with Crippen molar-refractivity contribution < 1.29 is 0 Å². The summed E-state index contributed by atoms with van der Waals surface area (Å²) in [6.07, 6.45) is 5.54. The first-order valence-electron chi connectivity index (χ1n) is 5.38. The third-order valence-corrected chi connectivity index (χ3v) is 3.15. The number of hydrogen-bond donors (Lipinski definition) is 1. The summed E-state index contributed by atoms with van der Waals surface area (Å²) in [7, 11) is 2.01. The van der Waals surface area contributed by atoms with Gasteiger partial charge in [-0.3, -0.25) is 0 Å². The molecule has 1 aromatic heterocycles. The van der Waals surface area contributed by atoms with E-state index in [9.17, 15) is 0 Å². The van der Waals surface area contributed by atoms with Crippen molar-refractivity contribution in [3.63, 3.8) is 0 Å². The molecule has 0 saturated carbocycles. The van der Waals surface area contributed by atoms with Crippen LogP contribution in [0.15, 0.2) is 6.33 Å². The number of nitrogens with one attached hydrogen (secondary N) is 1. The van der Waals surface area contributed by atoms with E-state index in [1.807, 2.05) is 11.6 Å². The number of aryl methyl sites for hydroxylation is 1. The van der Waals surface area contributed by atoms with E-state index in [1.165, 1.54) is 19.3 Å². The Labute approximate surface area is 84.7 Å². The van der Waals surface area contributed by atoms with Crippen LogP contribution in [-0.2, 0) is 7.05 Å². The van der Waals surface area contributed by atoms with E-state index in [0.29, 0.717) is 6.04 Å². The van der Waals surface area contributed by atoms with Gasteiger partial charge >= 0.3 is 0 Å². The molecule has 0 amide bonds. The second kappa shape index (κ2) is 4.09. The summed E-state index contributed by atoms with van der Waals surface area (Å²) in [4.78, 5) is 0. The molecule has 4 nitrogen and oxygen atoms in total. The van der Waals surface area contributed by atoms with Gasteiger partial charge in [0.05, 0.1) is 6.04 Å². The first-order valence-corrected chi connectivity index (χ1v) is 5.38. The Morgan fingerprint density at radius 3 is 3.14 bits per heavy atom. The number of aromatic nitrogens is 3. The minimum absolute atomic E-state index is 0.404. The molecular weight excluding hydrogens is 176 g/mol. The molecule has 2 atom stereocenters. The summed E-state index contributed by atoms with van der Waals surface area (Å²) < 4.78 is 2.01. The lowest BCUT2D eigenvalue weighted by molar-refractivity contribution is 0.287. The predicted octanol–water partition coefficient (Wildman–Crippen LogP) is 1.27. The van der Waals surface area contributed by atoms with Crippen LogP contribution in [0.25, 0.3) is 0 Å². The minimum atomic E-state index is 0.404. The second-order valence-electron chi connectivity index (χ2n) is 4.11. The summed E-state index contributed by atoms with van der Waals surface area (Å²) in [6, 6.07) is 0.404. The fourth-order valence-corrected chi connectivity index (χ4v) is 2.17. The highest BCUT2D eigenvalue weighted by Gasteiger charge is 2.24. The fraction of sp³-hybridized carbons (Fsp3) is 0.800. The summed E-state index contributed by atoms with van der Waals surface area (Å²) in [5, 5.41) is 11.6. The maximum atomic E-state index is 4.16. The topological polar surface area (TPSA) is 42.7 Å². The standard InChI is InChI=1S/C10H18N4/c1-3-8-4-5-11-9(6-8)10-13-12-7-14(10)2/h7-9,11H,3-6H2,1-2H3. The van der Waals surface area contributed by atoms with Crippen LogP contribution >= 0.6 is 0 Å². The molecule has 0 aromatic carbocycles. The molecule has 78 valence electrons. The third kappa shape index (κ3) is 1.80. The Bertz CT molecular complexity index is 294. The summed E-state index contributed by atoms with van der Waals surface area (Å²) in [6.45, 7) is 3.37. The molecule has 0 aliphatic carbocycles. The van der Waals surface area contributed by atoms with Crippen LogP contribution < -0.4 is 5.32 Å². The monoisotopic (exact) mass is 194 g/mol. The van der Waals surface area contributed by atoms with Gasteiger partial charge < -0.3 is 9.88 Å². The van der Waals surface area contributed by atoms with Crippen LogP contribution in [0.5, 0.6) is 0 Å². The largest absolute Gasteiger partial charge is 0.319 e. The predicted molar refractivity (Wildman–Crippen MR) is 54.8 cm³/mol. The van der Waals surface area contributed by atoms with Gasteiger partial charge in [0, 0.05) is 7.05 Å². The lowest BCUT2D eigenvalue weighted by Crippen LogP contribution is -2.33. The quantitative estimate of drug-likeness (QED) is 0.771. The second-order valence-corrected chi connectivity index (χ2v) is 4.11. The van der Waals surface area contributed by atoms with Crippen LogP contribution in [0.1, 0.15) is 38.1 Å². The maximum absolute atomic E-state index is 4.16. The smallest absolute Gasteiger partial charge is 0.149 e. The molecule has 2 rings (SSSR count). The van der Waals surface area contributed by atoms with Gasteiger partial charge in [-0.15, -0.1) is 10.2 Å². The first-order chi connectivity index (χ1) is 6.81. The molecule has 1 aliphatic rings. The van der Waals surface area contributed by atoms with Crippen LogP contribution in [-0.4, -0.2) is 21.3 Å². The van der Waals surface area contributed by atoms with E-state index in [0.717, 1.165) is 18.3 Å². The lowest BCUT2D eigenvalue weighted by atomic mass is 9.90. The van der Waals surface area contributed by atoms with Crippen molar-refractivity contribution in [2.75, 3.05) is 6.54 Å². The Balaban J connectivity index is 2.08. The number of piperidine rings is 1. The molecule has 1 aliphatic heterocycles. The molecule has 0 bridgehead atoms. The lowest BCUT2D eigenvalue weighted by Gasteiger charge is -2.28. The number of hydrogen-bond acceptors (Lipinski definition) is 3. The fourth-order valence-electron chi connectivity index (χ4n) is 2.17. The SMILES string of the molecule is CCC1CCNC(c2nncn2C)C1. The van der Waals surface area contributed by atoms with Crippen LogP contribution in [0.4, 0.5) is 0 Å².